The van der Waals surface area contributed by atoms with Crippen LogP contribution in [0.5, 0.6) is 0 Å². The smallest absolute Gasteiger partial charge is 0.226 e. The van der Waals surface area contributed by atoms with Gasteiger partial charge in [-0.15, -0.1) is 4.91 Å². The van der Waals surface area contributed by atoms with Crippen LogP contribution in [-0.4, -0.2) is 11.9 Å². The molecular formula is C10H11N3O2. The highest BCUT2D eigenvalue weighted by Crippen LogP contribution is 2.30. The zero-order chi connectivity index (χ0) is 10.8. The van der Waals surface area contributed by atoms with E-state index < -0.39 is 0 Å². The van der Waals surface area contributed by atoms with Gasteiger partial charge in [-0.05, 0) is 19.1 Å². The van der Waals surface area contributed by atoms with E-state index in [-0.39, 0.29) is 18.4 Å². The van der Waals surface area contributed by atoms with Gasteiger partial charge in [0.25, 0.3) is 0 Å². The maximum atomic E-state index is 11.4. The van der Waals surface area contributed by atoms with Crippen LogP contribution in [0.3, 0.4) is 0 Å². The zero-order valence-corrected chi connectivity index (χ0v) is 8.30. The normalized spacial score (nSPS) is 20.2. The third-order valence-electron chi connectivity index (χ3n) is 2.41. The number of carbonyl (C=O) groups excluding carboxylic acids is 1. The van der Waals surface area contributed by atoms with Crippen molar-refractivity contribution in [2.45, 2.75) is 19.4 Å². The van der Waals surface area contributed by atoms with Crippen molar-refractivity contribution >= 4 is 17.3 Å². The summed E-state index contributed by atoms with van der Waals surface area (Å²) in [5.74, 6) is -0.0962. The molecule has 0 aromatic heterocycles. The predicted octanol–water partition coefficient (Wildman–Crippen LogP) is 1.91. The van der Waals surface area contributed by atoms with Crippen molar-refractivity contribution in [3.63, 3.8) is 0 Å². The summed E-state index contributed by atoms with van der Waals surface area (Å²) in [5.41, 5.74) is 1.28. The molecule has 0 saturated carbocycles. The lowest BCUT2D eigenvalue weighted by molar-refractivity contribution is -0.116. The number of benzene rings is 1. The molecule has 0 bridgehead atoms. The number of amides is 1. The lowest BCUT2D eigenvalue weighted by Crippen LogP contribution is -2.28. The van der Waals surface area contributed by atoms with E-state index in [4.69, 9.17) is 0 Å². The number of para-hydroxylation sites is 2. The third kappa shape index (κ3) is 1.68. The zero-order valence-electron chi connectivity index (χ0n) is 8.30. The van der Waals surface area contributed by atoms with Crippen LogP contribution in [0.25, 0.3) is 0 Å². The minimum absolute atomic E-state index is 0.0962. The summed E-state index contributed by atoms with van der Waals surface area (Å²) in [4.78, 5) is 22.2. The molecule has 5 heteroatoms. The molecule has 1 aliphatic rings. The summed E-state index contributed by atoms with van der Waals surface area (Å²) >= 11 is 0. The molecule has 1 atom stereocenters. The van der Waals surface area contributed by atoms with Crippen LogP contribution in [0.1, 0.15) is 13.3 Å². The summed E-state index contributed by atoms with van der Waals surface area (Å²) in [7, 11) is 0. The van der Waals surface area contributed by atoms with Crippen molar-refractivity contribution in [2.75, 3.05) is 10.3 Å². The van der Waals surface area contributed by atoms with Gasteiger partial charge in [0.2, 0.25) is 5.91 Å². The highest BCUT2D eigenvalue weighted by Gasteiger charge is 2.25. The number of fused-ring (bicyclic) bond motifs is 1. The minimum Gasteiger partial charge on any atom is -0.324 e. The molecule has 1 aromatic carbocycles. The van der Waals surface area contributed by atoms with Gasteiger partial charge in [-0.25, -0.2) is 5.01 Å². The first kappa shape index (κ1) is 9.64. The number of hydrogen-bond donors (Lipinski definition) is 1. The number of nitrogens with zero attached hydrogens (tertiary/aromatic N) is 2. The number of nitroso groups, excluding NO2 is 1. The molecule has 0 radical (unpaired) electrons. The Labute approximate surface area is 87.0 Å². The van der Waals surface area contributed by atoms with Gasteiger partial charge in [0, 0.05) is 6.42 Å². The fourth-order valence-electron chi connectivity index (χ4n) is 1.70. The average molecular weight is 205 g/mol. The van der Waals surface area contributed by atoms with Crippen molar-refractivity contribution in [2.24, 2.45) is 5.29 Å². The van der Waals surface area contributed by atoms with E-state index in [1.54, 1.807) is 31.2 Å². The minimum atomic E-state index is -0.217. The average Bonchev–Trinajstić information content (AvgIpc) is 2.32. The van der Waals surface area contributed by atoms with Gasteiger partial charge in [-0.1, -0.05) is 12.1 Å². The molecule has 1 heterocycles. The Balaban J connectivity index is 2.50. The Morgan fingerprint density at radius 2 is 2.20 bits per heavy atom. The van der Waals surface area contributed by atoms with Crippen molar-refractivity contribution in [1.29, 1.82) is 0 Å². The molecule has 0 saturated heterocycles. The molecule has 0 fully saturated rings. The first-order valence-corrected chi connectivity index (χ1v) is 4.74. The van der Waals surface area contributed by atoms with Crippen molar-refractivity contribution in [3.05, 3.63) is 29.2 Å². The number of nitrogens with one attached hydrogen (secondary N) is 1. The first-order valence-electron chi connectivity index (χ1n) is 4.74. The standard InChI is InChI=1S/C10H11N3O2/c1-7-6-10(14)11-8-4-2-3-5-9(8)13(7)12-15/h2-5,7H,6H2,1H3,(H,11,14)/t7-/m0/s1. The van der Waals surface area contributed by atoms with Crippen LogP contribution in [0.15, 0.2) is 29.6 Å². The molecule has 0 aliphatic carbocycles. The molecule has 1 aliphatic heterocycles. The van der Waals surface area contributed by atoms with Crippen LogP contribution >= 0.6 is 0 Å². The van der Waals surface area contributed by atoms with Gasteiger partial charge >= 0.3 is 0 Å². The lowest BCUT2D eigenvalue weighted by Gasteiger charge is -2.20. The molecular weight excluding hydrogens is 194 g/mol. The quantitative estimate of drug-likeness (QED) is 0.712. The monoisotopic (exact) mass is 205 g/mol. The molecule has 0 unspecified atom stereocenters. The highest BCUT2D eigenvalue weighted by atomic mass is 16.3. The molecule has 1 aromatic rings. The number of rotatable bonds is 1. The summed E-state index contributed by atoms with van der Waals surface area (Å²) in [6, 6.07) is 6.91. The van der Waals surface area contributed by atoms with Crippen molar-refractivity contribution in [3.8, 4) is 0 Å². The molecule has 5 nitrogen and oxygen atoms in total. The Bertz CT molecular complexity index is 405. The summed E-state index contributed by atoms with van der Waals surface area (Å²) in [5, 5.41) is 7.02. The van der Waals surface area contributed by atoms with E-state index in [2.05, 4.69) is 10.6 Å². The predicted molar refractivity (Wildman–Crippen MR) is 57.4 cm³/mol. The summed E-state index contributed by atoms with van der Waals surface area (Å²) in [6.45, 7) is 1.79. The lowest BCUT2D eigenvalue weighted by atomic mass is 10.2. The Morgan fingerprint density at radius 3 is 2.93 bits per heavy atom. The Kier molecular flexibility index (Phi) is 2.37. The van der Waals surface area contributed by atoms with Crippen LogP contribution < -0.4 is 10.3 Å². The fraction of sp³-hybridized carbons (Fsp3) is 0.300. The fourth-order valence-corrected chi connectivity index (χ4v) is 1.70. The second kappa shape index (κ2) is 3.68. The summed E-state index contributed by atoms with van der Waals surface area (Å²) in [6.07, 6.45) is 0.264. The van der Waals surface area contributed by atoms with Crippen LogP contribution in [-0.2, 0) is 4.79 Å². The van der Waals surface area contributed by atoms with Gasteiger partial charge in [-0.2, -0.15) is 0 Å². The Hall–Kier alpha value is -1.91. The molecule has 0 spiro atoms. The van der Waals surface area contributed by atoms with Gasteiger partial charge in [0.15, 0.2) is 0 Å². The van der Waals surface area contributed by atoms with Crippen molar-refractivity contribution in [1.82, 2.24) is 0 Å². The van der Waals surface area contributed by atoms with Crippen LogP contribution in [0, 0.1) is 4.91 Å². The van der Waals surface area contributed by atoms with Crippen LogP contribution in [0.2, 0.25) is 0 Å². The van der Waals surface area contributed by atoms with Gasteiger partial charge in [0.1, 0.15) is 0 Å². The first-order chi connectivity index (χ1) is 7.22. The molecule has 15 heavy (non-hydrogen) atoms. The van der Waals surface area contributed by atoms with Crippen LogP contribution in [0.4, 0.5) is 11.4 Å². The van der Waals surface area contributed by atoms with E-state index in [0.717, 1.165) is 0 Å². The van der Waals surface area contributed by atoms with E-state index in [1.165, 1.54) is 5.01 Å². The third-order valence-corrected chi connectivity index (χ3v) is 2.41. The molecule has 1 amide bonds. The van der Waals surface area contributed by atoms with E-state index in [1.807, 2.05) is 0 Å². The SMILES string of the molecule is C[C@H]1CC(=O)Nc2ccccc2N1N=O. The molecule has 2 rings (SSSR count). The van der Waals surface area contributed by atoms with Gasteiger partial charge in [-0.3, -0.25) is 4.79 Å². The maximum absolute atomic E-state index is 11.4. The van der Waals surface area contributed by atoms with Gasteiger partial charge in [0.05, 0.1) is 22.7 Å². The van der Waals surface area contributed by atoms with E-state index in [9.17, 15) is 9.70 Å². The topological polar surface area (TPSA) is 61.8 Å². The second-order valence-corrected chi connectivity index (χ2v) is 3.54. The molecule has 78 valence electrons. The maximum Gasteiger partial charge on any atom is 0.226 e. The molecule has 1 N–H and O–H groups in total. The Morgan fingerprint density at radius 1 is 1.47 bits per heavy atom. The highest BCUT2D eigenvalue weighted by molar-refractivity contribution is 5.96. The number of hydrogen-bond acceptors (Lipinski definition) is 3. The van der Waals surface area contributed by atoms with Gasteiger partial charge < -0.3 is 5.32 Å². The largest absolute Gasteiger partial charge is 0.324 e. The number of carbonyl (C=O) groups is 1. The summed E-state index contributed by atoms with van der Waals surface area (Å²) < 4.78 is 0. The van der Waals surface area contributed by atoms with Crippen molar-refractivity contribution < 1.29 is 4.79 Å². The van der Waals surface area contributed by atoms with E-state index >= 15 is 0 Å². The van der Waals surface area contributed by atoms with E-state index in [0.29, 0.717) is 11.4 Å². The number of anilines is 2. The second-order valence-electron chi connectivity index (χ2n) is 3.54.